The van der Waals surface area contributed by atoms with E-state index in [4.69, 9.17) is 21.1 Å². The van der Waals surface area contributed by atoms with E-state index in [2.05, 4.69) is 10.2 Å². The normalized spacial score (nSPS) is 19.2. The fourth-order valence-electron chi connectivity index (χ4n) is 5.12. The second-order valence-electron chi connectivity index (χ2n) is 9.86. The highest BCUT2D eigenvalue weighted by atomic mass is 35.5. The van der Waals surface area contributed by atoms with Crippen LogP contribution in [-0.2, 0) is 21.8 Å². The Morgan fingerprint density at radius 1 is 1.14 bits per heavy atom. The van der Waals surface area contributed by atoms with Crippen molar-refractivity contribution < 1.29 is 24.2 Å². The number of aliphatic hydroxyl groups is 1. The molecule has 1 aromatic heterocycles. The largest absolute Gasteiger partial charge is 0.507 e. The number of benzene rings is 3. The Morgan fingerprint density at radius 3 is 2.79 bits per heavy atom. The summed E-state index contributed by atoms with van der Waals surface area (Å²) in [5.41, 5.74) is 2.88. The van der Waals surface area contributed by atoms with E-state index in [1.54, 1.807) is 36.4 Å². The molecule has 4 aromatic rings. The van der Waals surface area contributed by atoms with E-state index in [1.165, 1.54) is 28.0 Å². The molecule has 0 spiro atoms. The van der Waals surface area contributed by atoms with Gasteiger partial charge < -0.3 is 14.6 Å². The Hall–Kier alpha value is -3.86. The molecule has 1 saturated heterocycles. The molecule has 8 nitrogen and oxygen atoms in total. The van der Waals surface area contributed by atoms with Crippen molar-refractivity contribution >= 4 is 57.3 Å². The number of ether oxygens (including phenoxy) is 2. The van der Waals surface area contributed by atoms with Crippen molar-refractivity contribution in [3.63, 3.8) is 0 Å². The molecule has 1 amide bonds. The third kappa shape index (κ3) is 5.37. The molecule has 0 unspecified atom stereocenters. The number of hydrogen-bond acceptors (Lipinski definition) is 9. The molecule has 11 heteroatoms. The number of hydrogen-bond donors (Lipinski definition) is 1. The summed E-state index contributed by atoms with van der Waals surface area (Å²) in [5, 5.41) is 21.1. The van der Waals surface area contributed by atoms with Crippen molar-refractivity contribution in [3.05, 3.63) is 99.6 Å². The monoisotopic (exact) mass is 619 g/mol. The minimum atomic E-state index is -0.941. The van der Waals surface area contributed by atoms with E-state index < -0.39 is 17.7 Å². The van der Waals surface area contributed by atoms with Gasteiger partial charge in [0.2, 0.25) is 5.13 Å². The Labute approximate surface area is 255 Å². The van der Waals surface area contributed by atoms with Crippen LogP contribution in [0.25, 0.3) is 5.76 Å². The van der Waals surface area contributed by atoms with Crippen LogP contribution < -0.4 is 14.4 Å². The summed E-state index contributed by atoms with van der Waals surface area (Å²) in [5.74, 6) is 0.0369. The fraction of sp³-hybridized carbons (Fsp3) is 0.226. The molecule has 6 rings (SSSR count). The molecule has 0 aliphatic carbocycles. The molecule has 3 aromatic carbocycles. The van der Waals surface area contributed by atoms with E-state index in [1.807, 2.05) is 44.2 Å². The maximum atomic E-state index is 13.6. The molecule has 2 aliphatic rings. The van der Waals surface area contributed by atoms with E-state index >= 15 is 0 Å². The lowest BCUT2D eigenvalue weighted by molar-refractivity contribution is -0.132. The third-order valence-corrected chi connectivity index (χ3v) is 9.48. The van der Waals surface area contributed by atoms with Gasteiger partial charge in [-0.15, -0.1) is 10.2 Å². The van der Waals surface area contributed by atoms with Gasteiger partial charge in [-0.05, 0) is 66.9 Å². The highest BCUT2D eigenvalue weighted by Crippen LogP contribution is 2.45. The average molecular weight is 620 g/mol. The lowest BCUT2D eigenvalue weighted by Crippen LogP contribution is -2.29. The van der Waals surface area contributed by atoms with Crippen molar-refractivity contribution in [3.8, 4) is 11.5 Å². The number of amides is 1. The summed E-state index contributed by atoms with van der Waals surface area (Å²) in [6.07, 6.45) is 0.705. The van der Waals surface area contributed by atoms with E-state index in [0.717, 1.165) is 16.9 Å². The summed E-state index contributed by atoms with van der Waals surface area (Å²) in [6.45, 7) is 4.29. The number of fused-ring (bicyclic) bond motifs is 1. The smallest absolute Gasteiger partial charge is 0.301 e. The minimum absolute atomic E-state index is 0.0201. The van der Waals surface area contributed by atoms with Crippen LogP contribution in [0, 0.1) is 0 Å². The number of thioether (sulfide) groups is 1. The van der Waals surface area contributed by atoms with Gasteiger partial charge >= 0.3 is 5.91 Å². The molecule has 1 N–H and O–H groups in total. The summed E-state index contributed by atoms with van der Waals surface area (Å²) in [7, 11) is 0. The van der Waals surface area contributed by atoms with Gasteiger partial charge in [-0.1, -0.05) is 65.0 Å². The zero-order valence-corrected chi connectivity index (χ0v) is 25.1. The van der Waals surface area contributed by atoms with E-state index in [9.17, 15) is 14.7 Å². The number of rotatable bonds is 8. The quantitative estimate of drug-likeness (QED) is 0.0753. The summed E-state index contributed by atoms with van der Waals surface area (Å²) >= 11 is 8.94. The van der Waals surface area contributed by atoms with Crippen LogP contribution in [0.2, 0.25) is 5.02 Å². The molecule has 42 heavy (non-hydrogen) atoms. The van der Waals surface area contributed by atoms with Crippen LogP contribution in [0.5, 0.6) is 11.5 Å². The lowest BCUT2D eigenvalue weighted by Gasteiger charge is -2.23. The van der Waals surface area contributed by atoms with E-state index in [0.29, 0.717) is 45.0 Å². The van der Waals surface area contributed by atoms with Gasteiger partial charge in [0.1, 0.15) is 23.4 Å². The highest BCUT2D eigenvalue weighted by molar-refractivity contribution is 8.00. The molecule has 2 atom stereocenters. The van der Waals surface area contributed by atoms with Crippen LogP contribution in [-0.4, -0.2) is 39.7 Å². The van der Waals surface area contributed by atoms with Crippen LogP contribution in [0.15, 0.2) is 76.6 Å². The predicted molar refractivity (Wildman–Crippen MR) is 164 cm³/mol. The molecule has 214 valence electrons. The van der Waals surface area contributed by atoms with Crippen molar-refractivity contribution in [1.82, 2.24) is 10.2 Å². The topological polar surface area (TPSA) is 102 Å². The first-order valence-electron chi connectivity index (χ1n) is 13.4. The number of aliphatic hydroxyl groups excluding tert-OH is 1. The van der Waals surface area contributed by atoms with Crippen LogP contribution >= 0.6 is 34.7 Å². The van der Waals surface area contributed by atoms with Crippen molar-refractivity contribution in [1.29, 1.82) is 0 Å². The zero-order chi connectivity index (χ0) is 29.4. The van der Waals surface area contributed by atoms with Gasteiger partial charge in [0, 0.05) is 22.8 Å². The first kappa shape index (κ1) is 28.3. The minimum Gasteiger partial charge on any atom is -0.507 e. The van der Waals surface area contributed by atoms with Gasteiger partial charge in [0.15, 0.2) is 4.34 Å². The summed E-state index contributed by atoms with van der Waals surface area (Å²) in [4.78, 5) is 28.5. The molecular formula is C31H26ClN3O5S2. The Balaban J connectivity index is 1.40. The van der Waals surface area contributed by atoms with Crippen LogP contribution in [0.4, 0.5) is 5.13 Å². The summed E-state index contributed by atoms with van der Waals surface area (Å²) < 4.78 is 12.1. The van der Waals surface area contributed by atoms with Crippen LogP contribution in [0.1, 0.15) is 42.1 Å². The number of ketones is 1. The van der Waals surface area contributed by atoms with Gasteiger partial charge in [0.05, 0.1) is 18.2 Å². The van der Waals surface area contributed by atoms with Crippen molar-refractivity contribution in [2.45, 2.75) is 42.5 Å². The number of nitrogens with zero attached hydrogens (tertiary/aromatic N) is 3. The highest BCUT2D eigenvalue weighted by Gasteiger charge is 2.48. The molecule has 0 radical (unpaired) electrons. The van der Waals surface area contributed by atoms with Gasteiger partial charge in [-0.25, -0.2) is 0 Å². The molecule has 3 heterocycles. The second kappa shape index (κ2) is 11.8. The third-order valence-electron chi connectivity index (χ3n) is 7.01. The molecule has 1 fully saturated rings. The maximum Gasteiger partial charge on any atom is 0.301 e. The number of Topliss-reactive ketones (excluding diaryl/α,β-unsaturated/α-hetero) is 1. The van der Waals surface area contributed by atoms with Gasteiger partial charge in [-0.2, -0.15) is 0 Å². The number of halogens is 1. The molecular weight excluding hydrogens is 594 g/mol. The Morgan fingerprint density at radius 2 is 1.98 bits per heavy atom. The van der Waals surface area contributed by atoms with E-state index in [-0.39, 0.29) is 22.6 Å². The first-order valence-corrected chi connectivity index (χ1v) is 15.6. The summed E-state index contributed by atoms with van der Waals surface area (Å²) in [6, 6.07) is 19.1. The van der Waals surface area contributed by atoms with Gasteiger partial charge in [-0.3, -0.25) is 14.5 Å². The number of aromatic nitrogens is 2. The average Bonchev–Trinajstić information content (AvgIpc) is 3.67. The van der Waals surface area contributed by atoms with Crippen LogP contribution in [0.3, 0.4) is 0 Å². The van der Waals surface area contributed by atoms with Gasteiger partial charge in [0.25, 0.3) is 5.78 Å². The van der Waals surface area contributed by atoms with Crippen molar-refractivity contribution in [2.75, 3.05) is 11.5 Å². The maximum absolute atomic E-state index is 13.6. The first-order chi connectivity index (χ1) is 20.3. The predicted octanol–water partition coefficient (Wildman–Crippen LogP) is 6.83. The Kier molecular flexibility index (Phi) is 7.94. The standard InChI is InChI=1S/C31H26ClN3O5S2/c1-3-39-22-9-6-8-18(15-22)26-25(27(36)19-11-12-24-21(14-19)13-17(2)40-24)28(37)29(38)35(26)30-33-34-31(42-30)41-16-20-7-4-5-10-23(20)32/h4-12,14-15,17,26,36H,3,13,16H2,1-2H3/b27-25+/t17-,26+/m0/s1. The number of carbonyl (C=O) groups excluding carboxylic acids is 2. The molecule has 0 saturated carbocycles. The molecule has 0 bridgehead atoms. The fourth-order valence-corrected chi connectivity index (χ4v) is 7.28. The number of carbonyl (C=O) groups is 2. The second-order valence-corrected chi connectivity index (χ2v) is 12.4. The zero-order valence-electron chi connectivity index (χ0n) is 22.7. The lowest BCUT2D eigenvalue weighted by atomic mass is 9.94. The van der Waals surface area contributed by atoms with Crippen molar-refractivity contribution in [2.24, 2.45) is 0 Å². The SMILES string of the molecule is CCOc1cccc([C@@H]2/C(=C(\O)c3ccc4c(c3)C[C@H](C)O4)C(=O)C(=O)N2c2nnc(SCc3ccccc3Cl)s2)c1. The number of anilines is 1. The Bertz CT molecular complexity index is 1720. The molecule has 2 aliphatic heterocycles.